The van der Waals surface area contributed by atoms with Gasteiger partial charge in [-0.1, -0.05) is 61.0 Å². The molecule has 3 aromatic carbocycles. The number of hydrogen-bond acceptors (Lipinski definition) is 3. The van der Waals surface area contributed by atoms with Gasteiger partial charge >= 0.3 is 0 Å². The molecule has 2 N–H and O–H groups in total. The Morgan fingerprint density at radius 1 is 1.04 bits per heavy atom. The number of nitrogens with zero attached hydrogens (tertiary/aromatic N) is 1. The third-order valence-corrected chi connectivity index (χ3v) is 4.12. The fraction of sp³-hybridized carbons (Fsp3) is 0.143. The number of phenols is 1. The summed E-state index contributed by atoms with van der Waals surface area (Å²) in [5, 5.41) is 16.2. The zero-order chi connectivity index (χ0) is 17.8. The minimum absolute atomic E-state index is 0.0558. The van der Waals surface area contributed by atoms with E-state index in [0.717, 1.165) is 22.0 Å². The first-order valence-electron chi connectivity index (χ1n) is 8.24. The van der Waals surface area contributed by atoms with Gasteiger partial charge in [0, 0.05) is 0 Å². The van der Waals surface area contributed by atoms with Gasteiger partial charge in [0.1, 0.15) is 5.75 Å². The number of fused-ring (bicyclic) bond motifs is 1. The van der Waals surface area contributed by atoms with E-state index in [0.29, 0.717) is 6.42 Å². The van der Waals surface area contributed by atoms with Crippen LogP contribution in [0.3, 0.4) is 0 Å². The molecule has 3 aromatic rings. The van der Waals surface area contributed by atoms with E-state index in [1.54, 1.807) is 12.1 Å². The molecule has 25 heavy (non-hydrogen) atoms. The minimum Gasteiger partial charge on any atom is -0.507 e. The first-order chi connectivity index (χ1) is 12.1. The van der Waals surface area contributed by atoms with Crippen LogP contribution in [0.2, 0.25) is 0 Å². The SMILES string of the molecule is CC/C(=N\NC(=O)c1cc2ccccc2cc1O)c1ccc(C)cc1. The zero-order valence-electron chi connectivity index (χ0n) is 14.3. The van der Waals surface area contributed by atoms with Crippen LogP contribution in [0.1, 0.15) is 34.8 Å². The molecule has 0 aliphatic heterocycles. The maximum absolute atomic E-state index is 12.4. The summed E-state index contributed by atoms with van der Waals surface area (Å²) in [6.45, 7) is 4.01. The number of amides is 1. The second-order valence-corrected chi connectivity index (χ2v) is 5.94. The van der Waals surface area contributed by atoms with E-state index in [1.165, 1.54) is 5.56 Å². The summed E-state index contributed by atoms with van der Waals surface area (Å²) in [6.07, 6.45) is 0.688. The van der Waals surface area contributed by atoms with Crippen LogP contribution in [-0.2, 0) is 0 Å². The fourth-order valence-electron chi connectivity index (χ4n) is 2.68. The van der Waals surface area contributed by atoms with Crippen molar-refractivity contribution >= 4 is 22.4 Å². The Labute approximate surface area is 146 Å². The molecule has 0 aliphatic rings. The Morgan fingerprint density at radius 2 is 1.68 bits per heavy atom. The normalized spacial score (nSPS) is 11.5. The van der Waals surface area contributed by atoms with E-state index in [1.807, 2.05) is 62.4 Å². The summed E-state index contributed by atoms with van der Waals surface area (Å²) in [7, 11) is 0. The largest absolute Gasteiger partial charge is 0.507 e. The van der Waals surface area contributed by atoms with Gasteiger partial charge in [0.15, 0.2) is 0 Å². The highest BCUT2D eigenvalue weighted by atomic mass is 16.3. The molecule has 0 atom stereocenters. The van der Waals surface area contributed by atoms with Gasteiger partial charge in [0.2, 0.25) is 0 Å². The van der Waals surface area contributed by atoms with Gasteiger partial charge in [-0.3, -0.25) is 4.79 Å². The molecular formula is C21H20N2O2. The van der Waals surface area contributed by atoms with Crippen LogP contribution in [0.5, 0.6) is 5.75 Å². The monoisotopic (exact) mass is 332 g/mol. The molecule has 0 radical (unpaired) electrons. The van der Waals surface area contributed by atoms with E-state index in [2.05, 4.69) is 10.5 Å². The van der Waals surface area contributed by atoms with Gasteiger partial charge in [0.05, 0.1) is 11.3 Å². The lowest BCUT2D eigenvalue weighted by molar-refractivity contribution is 0.0952. The molecule has 126 valence electrons. The topological polar surface area (TPSA) is 61.7 Å². The van der Waals surface area contributed by atoms with Crippen molar-refractivity contribution in [3.05, 3.63) is 77.4 Å². The lowest BCUT2D eigenvalue weighted by atomic mass is 10.1. The maximum atomic E-state index is 12.4. The Bertz CT molecular complexity index is 944. The van der Waals surface area contributed by atoms with Gasteiger partial charge in [-0.05, 0) is 41.8 Å². The fourth-order valence-corrected chi connectivity index (χ4v) is 2.68. The summed E-state index contributed by atoms with van der Waals surface area (Å²) in [5.41, 5.74) is 5.69. The predicted molar refractivity (Wildman–Crippen MR) is 101 cm³/mol. The molecular weight excluding hydrogens is 312 g/mol. The summed E-state index contributed by atoms with van der Waals surface area (Å²) in [5.74, 6) is -0.485. The van der Waals surface area contributed by atoms with E-state index in [9.17, 15) is 9.90 Å². The first kappa shape index (κ1) is 16.7. The highest BCUT2D eigenvalue weighted by Gasteiger charge is 2.12. The number of phenolic OH excluding ortho intramolecular Hbond substituents is 1. The van der Waals surface area contributed by atoms with Crippen LogP contribution in [0.4, 0.5) is 0 Å². The molecule has 0 aliphatic carbocycles. The molecule has 0 saturated carbocycles. The van der Waals surface area contributed by atoms with Crippen LogP contribution >= 0.6 is 0 Å². The van der Waals surface area contributed by atoms with Crippen molar-refractivity contribution in [3.63, 3.8) is 0 Å². The standard InChI is InChI=1S/C21H20N2O2/c1-3-19(15-10-8-14(2)9-11-15)22-23-21(25)18-12-16-6-4-5-7-17(16)13-20(18)24/h4-13,24H,3H2,1-2H3,(H,23,25)/b22-19+. The van der Waals surface area contributed by atoms with Crippen LogP contribution in [-0.4, -0.2) is 16.7 Å². The van der Waals surface area contributed by atoms with Crippen molar-refractivity contribution in [2.24, 2.45) is 5.10 Å². The number of carbonyl (C=O) groups excluding carboxylic acids is 1. The highest BCUT2D eigenvalue weighted by molar-refractivity contribution is 6.04. The Hall–Kier alpha value is -3.14. The number of nitrogens with one attached hydrogen (secondary N) is 1. The summed E-state index contributed by atoms with van der Waals surface area (Å²) in [6, 6.07) is 18.8. The van der Waals surface area contributed by atoms with Crippen molar-refractivity contribution in [2.45, 2.75) is 20.3 Å². The molecule has 4 nitrogen and oxygen atoms in total. The second kappa shape index (κ2) is 7.18. The van der Waals surface area contributed by atoms with Crippen LogP contribution in [0.25, 0.3) is 10.8 Å². The van der Waals surface area contributed by atoms with Crippen LogP contribution in [0.15, 0.2) is 65.8 Å². The van der Waals surface area contributed by atoms with Gasteiger partial charge in [-0.25, -0.2) is 5.43 Å². The molecule has 0 heterocycles. The second-order valence-electron chi connectivity index (χ2n) is 5.94. The minimum atomic E-state index is -0.429. The highest BCUT2D eigenvalue weighted by Crippen LogP contribution is 2.24. The van der Waals surface area contributed by atoms with Gasteiger partial charge in [-0.2, -0.15) is 5.10 Å². The molecule has 0 aromatic heterocycles. The van der Waals surface area contributed by atoms with Crippen molar-refractivity contribution in [1.82, 2.24) is 5.43 Å². The molecule has 1 amide bonds. The molecule has 0 saturated heterocycles. The van der Waals surface area contributed by atoms with E-state index >= 15 is 0 Å². The average Bonchev–Trinajstić information content (AvgIpc) is 2.62. The molecule has 0 fully saturated rings. The quantitative estimate of drug-likeness (QED) is 0.549. The van der Waals surface area contributed by atoms with Gasteiger partial charge < -0.3 is 5.11 Å². The van der Waals surface area contributed by atoms with Crippen LogP contribution in [0, 0.1) is 6.92 Å². The third kappa shape index (κ3) is 3.69. The van der Waals surface area contributed by atoms with E-state index in [-0.39, 0.29) is 11.3 Å². The lowest BCUT2D eigenvalue weighted by Gasteiger charge is -2.08. The maximum Gasteiger partial charge on any atom is 0.275 e. The predicted octanol–water partition coefficient (Wildman–Crippen LogP) is 4.40. The summed E-state index contributed by atoms with van der Waals surface area (Å²) in [4.78, 5) is 12.4. The first-order valence-corrected chi connectivity index (χ1v) is 8.24. The van der Waals surface area contributed by atoms with Crippen molar-refractivity contribution < 1.29 is 9.90 Å². The number of rotatable bonds is 4. The third-order valence-electron chi connectivity index (χ3n) is 4.12. The summed E-state index contributed by atoms with van der Waals surface area (Å²) < 4.78 is 0. The smallest absolute Gasteiger partial charge is 0.275 e. The Morgan fingerprint density at radius 3 is 2.32 bits per heavy atom. The number of carbonyl (C=O) groups is 1. The number of aromatic hydroxyl groups is 1. The van der Waals surface area contributed by atoms with Gasteiger partial charge in [0.25, 0.3) is 5.91 Å². The number of benzene rings is 3. The molecule has 0 unspecified atom stereocenters. The molecule has 0 bridgehead atoms. The van der Waals surface area contributed by atoms with Crippen molar-refractivity contribution in [2.75, 3.05) is 0 Å². The summed E-state index contributed by atoms with van der Waals surface area (Å²) >= 11 is 0. The zero-order valence-corrected chi connectivity index (χ0v) is 14.3. The number of hydrogen-bond donors (Lipinski definition) is 2. The molecule has 0 spiro atoms. The number of hydrazone groups is 1. The van der Waals surface area contributed by atoms with E-state index < -0.39 is 5.91 Å². The van der Waals surface area contributed by atoms with Gasteiger partial charge in [-0.15, -0.1) is 0 Å². The average molecular weight is 332 g/mol. The Kier molecular flexibility index (Phi) is 4.80. The lowest BCUT2D eigenvalue weighted by Crippen LogP contribution is -2.20. The Balaban J connectivity index is 1.86. The van der Waals surface area contributed by atoms with Crippen LogP contribution < -0.4 is 5.43 Å². The van der Waals surface area contributed by atoms with Crippen molar-refractivity contribution in [1.29, 1.82) is 0 Å². The van der Waals surface area contributed by atoms with E-state index in [4.69, 9.17) is 0 Å². The van der Waals surface area contributed by atoms with Crippen molar-refractivity contribution in [3.8, 4) is 5.75 Å². The molecule has 4 heteroatoms. The molecule has 3 rings (SSSR count). The number of aryl methyl sites for hydroxylation is 1.